The fourth-order valence-electron chi connectivity index (χ4n) is 2.58. The molecule has 0 spiro atoms. The highest BCUT2D eigenvalue weighted by Gasteiger charge is 2.23. The molecule has 142 valence electrons. The first-order valence-corrected chi connectivity index (χ1v) is 10.1. The Morgan fingerprint density at radius 3 is 2.22 bits per heavy atom. The molecule has 1 aromatic heterocycles. The fraction of sp³-hybridized carbons (Fsp3) is 0.118. The van der Waals surface area contributed by atoms with Crippen LogP contribution in [-0.2, 0) is 9.84 Å². The molecule has 0 unspecified atom stereocenters. The van der Waals surface area contributed by atoms with Crippen LogP contribution in [0.4, 0.5) is 17.6 Å². The number of hydrogen-bond donors (Lipinski definition) is 0. The zero-order valence-electron chi connectivity index (χ0n) is 13.6. The number of sulfone groups is 1. The van der Waals surface area contributed by atoms with Crippen molar-refractivity contribution in [3.63, 3.8) is 0 Å². The van der Waals surface area contributed by atoms with Crippen molar-refractivity contribution >= 4 is 25.8 Å². The van der Waals surface area contributed by atoms with E-state index >= 15 is 0 Å². The SMILES string of the molecule is CS(=O)(=O)c1c(F)cc(-n2nc(C(F)F)cc2-c2cccc(Br)c2)cc1F. The normalized spacial score (nSPS) is 12.0. The first kappa shape index (κ1) is 19.6. The van der Waals surface area contributed by atoms with Gasteiger partial charge in [-0.3, -0.25) is 0 Å². The molecule has 0 aliphatic rings. The van der Waals surface area contributed by atoms with Crippen molar-refractivity contribution in [3.05, 3.63) is 64.3 Å². The topological polar surface area (TPSA) is 52.0 Å². The van der Waals surface area contributed by atoms with Crippen molar-refractivity contribution in [3.8, 4) is 16.9 Å². The lowest BCUT2D eigenvalue weighted by Crippen LogP contribution is -2.08. The lowest BCUT2D eigenvalue weighted by Gasteiger charge is -2.10. The molecule has 27 heavy (non-hydrogen) atoms. The van der Waals surface area contributed by atoms with Crippen molar-refractivity contribution in [2.45, 2.75) is 11.3 Å². The molecular weight excluding hydrogens is 452 g/mol. The van der Waals surface area contributed by atoms with Gasteiger partial charge < -0.3 is 0 Å². The van der Waals surface area contributed by atoms with Gasteiger partial charge in [0.1, 0.15) is 22.2 Å². The Morgan fingerprint density at radius 2 is 1.70 bits per heavy atom. The molecule has 0 amide bonds. The average molecular weight is 463 g/mol. The van der Waals surface area contributed by atoms with Gasteiger partial charge in [0.2, 0.25) is 0 Å². The molecule has 10 heteroatoms. The zero-order chi connectivity index (χ0) is 19.9. The summed E-state index contributed by atoms with van der Waals surface area (Å²) < 4.78 is 79.4. The second kappa shape index (κ2) is 7.08. The van der Waals surface area contributed by atoms with Crippen molar-refractivity contribution in [1.82, 2.24) is 9.78 Å². The molecule has 0 aliphatic heterocycles. The highest BCUT2D eigenvalue weighted by Crippen LogP contribution is 2.31. The third-order valence-corrected chi connectivity index (χ3v) is 5.30. The summed E-state index contributed by atoms with van der Waals surface area (Å²) in [6.45, 7) is 0. The second-order valence-electron chi connectivity index (χ2n) is 5.69. The predicted octanol–water partition coefficient (Wildman–Crippen LogP) is 4.92. The molecule has 0 bridgehead atoms. The second-order valence-corrected chi connectivity index (χ2v) is 8.56. The number of hydrogen-bond acceptors (Lipinski definition) is 3. The third kappa shape index (κ3) is 3.91. The standard InChI is InChI=1S/C17H11BrF4N2O2S/c1-27(25,26)16-12(19)6-11(7-13(16)20)24-15(8-14(23-24)17(21)22)9-3-2-4-10(18)5-9/h2-8,17H,1H3. The Morgan fingerprint density at radius 1 is 1.07 bits per heavy atom. The monoisotopic (exact) mass is 462 g/mol. The van der Waals surface area contributed by atoms with Crippen LogP contribution in [0.15, 0.2) is 51.8 Å². The van der Waals surface area contributed by atoms with Gasteiger partial charge in [-0.15, -0.1) is 0 Å². The summed E-state index contributed by atoms with van der Waals surface area (Å²) >= 11 is 3.27. The van der Waals surface area contributed by atoms with Crippen LogP contribution in [0.25, 0.3) is 16.9 Å². The summed E-state index contributed by atoms with van der Waals surface area (Å²) in [6, 6.07) is 9.20. The molecule has 3 aromatic rings. The van der Waals surface area contributed by atoms with Crippen LogP contribution >= 0.6 is 15.9 Å². The first-order chi connectivity index (χ1) is 12.6. The molecule has 3 rings (SSSR count). The van der Waals surface area contributed by atoms with Crippen LogP contribution in [0.5, 0.6) is 0 Å². The molecule has 0 saturated heterocycles. The predicted molar refractivity (Wildman–Crippen MR) is 94.7 cm³/mol. The molecule has 0 radical (unpaired) electrons. The van der Waals surface area contributed by atoms with Crippen molar-refractivity contribution < 1.29 is 26.0 Å². The van der Waals surface area contributed by atoms with Crippen LogP contribution in [0.3, 0.4) is 0 Å². The molecule has 0 fully saturated rings. The Bertz CT molecular complexity index is 1110. The lowest BCUT2D eigenvalue weighted by molar-refractivity contribution is 0.145. The zero-order valence-corrected chi connectivity index (χ0v) is 16.0. The molecular formula is C17H11BrF4N2O2S. The van der Waals surface area contributed by atoms with E-state index in [0.717, 1.165) is 22.9 Å². The van der Waals surface area contributed by atoms with E-state index in [2.05, 4.69) is 21.0 Å². The van der Waals surface area contributed by atoms with Crippen molar-refractivity contribution in [2.75, 3.05) is 6.26 Å². The number of benzene rings is 2. The molecule has 2 aromatic carbocycles. The van der Waals surface area contributed by atoms with E-state index in [0.29, 0.717) is 16.3 Å². The summed E-state index contributed by atoms with van der Waals surface area (Å²) in [6.07, 6.45) is -2.23. The molecule has 0 aliphatic carbocycles. The molecule has 0 N–H and O–H groups in total. The smallest absolute Gasteiger partial charge is 0.232 e. The summed E-state index contributed by atoms with van der Waals surface area (Å²) in [5.41, 5.74) is -0.174. The quantitative estimate of drug-likeness (QED) is 0.517. The Balaban J connectivity index is 2.26. The Hall–Kier alpha value is -2.20. The van der Waals surface area contributed by atoms with Gasteiger partial charge in [0.25, 0.3) is 6.43 Å². The van der Waals surface area contributed by atoms with E-state index in [4.69, 9.17) is 0 Å². The van der Waals surface area contributed by atoms with E-state index in [-0.39, 0.29) is 11.4 Å². The van der Waals surface area contributed by atoms with E-state index < -0.39 is 38.5 Å². The van der Waals surface area contributed by atoms with Gasteiger partial charge in [0, 0.05) is 28.4 Å². The highest BCUT2D eigenvalue weighted by atomic mass is 79.9. The van der Waals surface area contributed by atoms with Crippen LogP contribution in [0.2, 0.25) is 0 Å². The van der Waals surface area contributed by atoms with E-state index in [1.54, 1.807) is 24.3 Å². The van der Waals surface area contributed by atoms with Crippen LogP contribution in [-0.4, -0.2) is 24.5 Å². The minimum Gasteiger partial charge on any atom is -0.232 e. The van der Waals surface area contributed by atoms with Gasteiger partial charge in [-0.2, -0.15) is 5.10 Å². The van der Waals surface area contributed by atoms with Crippen molar-refractivity contribution in [2.24, 2.45) is 0 Å². The first-order valence-electron chi connectivity index (χ1n) is 7.41. The van der Waals surface area contributed by atoms with Crippen LogP contribution < -0.4 is 0 Å². The lowest BCUT2D eigenvalue weighted by atomic mass is 10.1. The summed E-state index contributed by atoms with van der Waals surface area (Å²) in [5.74, 6) is -2.66. The number of rotatable bonds is 4. The van der Waals surface area contributed by atoms with Gasteiger partial charge in [-0.1, -0.05) is 28.1 Å². The minimum atomic E-state index is -4.15. The van der Waals surface area contributed by atoms with E-state index in [1.807, 2.05) is 0 Å². The number of halogens is 5. The maximum atomic E-state index is 14.2. The number of aromatic nitrogens is 2. The van der Waals surface area contributed by atoms with Gasteiger partial charge in [-0.05, 0) is 18.2 Å². The largest absolute Gasteiger partial charge is 0.282 e. The summed E-state index contributed by atoms with van der Waals surface area (Å²) in [7, 11) is -4.15. The number of nitrogens with zero attached hydrogens (tertiary/aromatic N) is 2. The maximum absolute atomic E-state index is 14.2. The summed E-state index contributed by atoms with van der Waals surface area (Å²) in [4.78, 5) is -1.09. The highest BCUT2D eigenvalue weighted by molar-refractivity contribution is 9.10. The molecule has 1 heterocycles. The fourth-order valence-corrected chi connectivity index (χ4v) is 3.80. The third-order valence-electron chi connectivity index (χ3n) is 3.67. The van der Waals surface area contributed by atoms with Crippen molar-refractivity contribution in [1.29, 1.82) is 0 Å². The van der Waals surface area contributed by atoms with Crippen LogP contribution in [0.1, 0.15) is 12.1 Å². The minimum absolute atomic E-state index is 0.164. The van der Waals surface area contributed by atoms with Gasteiger partial charge in [0.05, 0.1) is 11.4 Å². The maximum Gasteiger partial charge on any atom is 0.282 e. The molecule has 4 nitrogen and oxygen atoms in total. The van der Waals surface area contributed by atoms with Crippen LogP contribution in [0, 0.1) is 11.6 Å². The van der Waals surface area contributed by atoms with Gasteiger partial charge >= 0.3 is 0 Å². The average Bonchev–Trinajstić information content (AvgIpc) is 2.98. The van der Waals surface area contributed by atoms with E-state index in [1.165, 1.54) is 0 Å². The number of alkyl halides is 2. The molecule has 0 saturated carbocycles. The van der Waals surface area contributed by atoms with Gasteiger partial charge in [-0.25, -0.2) is 30.7 Å². The summed E-state index contributed by atoms with van der Waals surface area (Å²) in [5, 5.41) is 3.73. The van der Waals surface area contributed by atoms with E-state index in [9.17, 15) is 26.0 Å². The molecule has 0 atom stereocenters. The van der Waals surface area contributed by atoms with Gasteiger partial charge in [0.15, 0.2) is 9.84 Å². The Kier molecular flexibility index (Phi) is 5.13. The Labute approximate surface area is 160 Å².